The lowest BCUT2D eigenvalue weighted by atomic mass is 10.0. The summed E-state index contributed by atoms with van der Waals surface area (Å²) in [5.41, 5.74) is 0. The van der Waals surface area contributed by atoms with Crippen molar-refractivity contribution in [2.75, 3.05) is 6.61 Å². The summed E-state index contributed by atoms with van der Waals surface area (Å²) in [7, 11) is 0. The third kappa shape index (κ3) is 1.36. The average Bonchev–Trinajstić information content (AvgIpc) is 2.33. The fourth-order valence-electron chi connectivity index (χ4n) is 0.876. The Hall–Kier alpha value is -1.39. The maximum atomic E-state index is 10.6. The van der Waals surface area contributed by atoms with E-state index in [9.17, 15) is 19.5 Å². The Morgan fingerprint density at radius 3 is 2.55 bits per heavy atom. The lowest BCUT2D eigenvalue weighted by Gasteiger charge is -2.03. The summed E-state index contributed by atoms with van der Waals surface area (Å²) in [6.07, 6.45) is 0.144. The van der Waals surface area contributed by atoms with Gasteiger partial charge in [0.15, 0.2) is 5.78 Å². The van der Waals surface area contributed by atoms with Gasteiger partial charge in [0.25, 0.3) is 0 Å². The van der Waals surface area contributed by atoms with Crippen LogP contribution in [0.25, 0.3) is 0 Å². The van der Waals surface area contributed by atoms with Crippen molar-refractivity contribution in [3.63, 3.8) is 0 Å². The van der Waals surface area contributed by atoms with Gasteiger partial charge in [-0.3, -0.25) is 9.59 Å². The molecule has 1 heterocycles. The van der Waals surface area contributed by atoms with Crippen LogP contribution in [0.4, 0.5) is 0 Å². The molecule has 0 aromatic heterocycles. The Labute approximate surface area is 62.0 Å². The second-order valence-electron chi connectivity index (χ2n) is 2.16. The van der Waals surface area contributed by atoms with E-state index < -0.39 is 23.6 Å². The van der Waals surface area contributed by atoms with E-state index in [-0.39, 0.29) is 13.0 Å². The molecule has 1 fully saturated rings. The molecule has 1 aliphatic rings. The van der Waals surface area contributed by atoms with Gasteiger partial charge in [0.05, 0.1) is 6.61 Å². The summed E-state index contributed by atoms with van der Waals surface area (Å²) >= 11 is 0. The molecule has 0 aromatic carbocycles. The molecule has 0 aromatic rings. The molecule has 0 N–H and O–H groups in total. The molecule has 11 heavy (non-hydrogen) atoms. The molecule has 5 heteroatoms. The van der Waals surface area contributed by atoms with Crippen LogP contribution in [0.1, 0.15) is 6.42 Å². The first-order valence-electron chi connectivity index (χ1n) is 3.04. The summed E-state index contributed by atoms with van der Waals surface area (Å²) < 4.78 is 4.39. The molecule has 1 rings (SSSR count). The number of Topliss-reactive ketones (excluding diaryl/α,β-unsaturated/α-hetero) is 1. The minimum Gasteiger partial charge on any atom is -0.542 e. The smallest absolute Gasteiger partial charge is 0.317 e. The largest absolute Gasteiger partial charge is 0.542 e. The molecule has 0 bridgehead atoms. The highest BCUT2D eigenvalue weighted by atomic mass is 16.5. The molecule has 0 aliphatic carbocycles. The van der Waals surface area contributed by atoms with E-state index in [1.54, 1.807) is 0 Å². The molecule has 1 unspecified atom stereocenters. The Morgan fingerprint density at radius 2 is 2.18 bits per heavy atom. The normalized spacial score (nSPS) is 22.9. The molecule has 1 atom stereocenters. The van der Waals surface area contributed by atoms with E-state index in [0.717, 1.165) is 0 Å². The maximum Gasteiger partial charge on any atom is 0.317 e. The van der Waals surface area contributed by atoms with Crippen molar-refractivity contribution in [2.24, 2.45) is 5.92 Å². The van der Waals surface area contributed by atoms with Gasteiger partial charge in [-0.15, -0.1) is 0 Å². The summed E-state index contributed by atoms with van der Waals surface area (Å²) in [6, 6.07) is 0. The van der Waals surface area contributed by atoms with E-state index in [2.05, 4.69) is 4.74 Å². The third-order valence-electron chi connectivity index (χ3n) is 1.45. The minimum atomic E-state index is -1.83. The van der Waals surface area contributed by atoms with Gasteiger partial charge in [0.1, 0.15) is 11.9 Å². The zero-order valence-electron chi connectivity index (χ0n) is 5.53. The molecular formula is C6H5O5-. The van der Waals surface area contributed by atoms with E-state index in [0.29, 0.717) is 0 Å². The number of esters is 1. The molecular weight excluding hydrogens is 152 g/mol. The number of cyclic esters (lactones) is 1. The molecule has 0 amide bonds. The molecule has 1 saturated heterocycles. The van der Waals surface area contributed by atoms with E-state index in [1.165, 1.54) is 0 Å². The second kappa shape index (κ2) is 2.69. The van der Waals surface area contributed by atoms with Crippen LogP contribution in [0.2, 0.25) is 0 Å². The number of ether oxygens (including phenoxy) is 1. The SMILES string of the molecule is O=C([O-])C(=O)C1CCOC1=O. The Kier molecular flexibility index (Phi) is 1.89. The summed E-state index contributed by atoms with van der Waals surface area (Å²) in [5.74, 6) is -4.92. The average molecular weight is 157 g/mol. The molecule has 0 radical (unpaired) electrons. The highest BCUT2D eigenvalue weighted by molar-refractivity contribution is 6.36. The van der Waals surface area contributed by atoms with Crippen LogP contribution in [0.3, 0.4) is 0 Å². The number of carboxylic acids is 1. The van der Waals surface area contributed by atoms with Crippen LogP contribution < -0.4 is 5.11 Å². The van der Waals surface area contributed by atoms with Crippen LogP contribution >= 0.6 is 0 Å². The van der Waals surface area contributed by atoms with Crippen LogP contribution in [0, 0.1) is 5.92 Å². The molecule has 5 nitrogen and oxygen atoms in total. The van der Waals surface area contributed by atoms with Gasteiger partial charge in [-0.2, -0.15) is 0 Å². The van der Waals surface area contributed by atoms with Crippen molar-refractivity contribution in [1.29, 1.82) is 0 Å². The van der Waals surface area contributed by atoms with Gasteiger partial charge in [-0.1, -0.05) is 0 Å². The van der Waals surface area contributed by atoms with E-state index in [4.69, 9.17) is 0 Å². The van der Waals surface area contributed by atoms with Gasteiger partial charge in [-0.25, -0.2) is 0 Å². The number of rotatable bonds is 2. The van der Waals surface area contributed by atoms with Crippen LogP contribution in [0.15, 0.2) is 0 Å². The molecule has 1 aliphatic heterocycles. The first-order chi connectivity index (χ1) is 5.13. The number of hydrogen-bond acceptors (Lipinski definition) is 5. The first kappa shape index (κ1) is 7.71. The molecule has 0 saturated carbocycles. The van der Waals surface area contributed by atoms with Crippen LogP contribution in [-0.4, -0.2) is 24.3 Å². The highest BCUT2D eigenvalue weighted by Crippen LogP contribution is 2.14. The Morgan fingerprint density at radius 1 is 1.55 bits per heavy atom. The van der Waals surface area contributed by atoms with Gasteiger partial charge in [-0.05, 0) is 0 Å². The Bertz CT molecular complexity index is 219. The van der Waals surface area contributed by atoms with Gasteiger partial charge in [0.2, 0.25) is 0 Å². The van der Waals surface area contributed by atoms with Crippen LogP contribution in [-0.2, 0) is 19.1 Å². The van der Waals surface area contributed by atoms with E-state index >= 15 is 0 Å². The van der Waals surface area contributed by atoms with Crippen molar-refractivity contribution in [3.05, 3.63) is 0 Å². The predicted molar refractivity (Wildman–Crippen MR) is 29.1 cm³/mol. The van der Waals surface area contributed by atoms with Crippen molar-refractivity contribution in [3.8, 4) is 0 Å². The number of carboxylic acid groups (broad SMARTS) is 1. The Balaban J connectivity index is 2.67. The number of carbonyl (C=O) groups is 3. The quantitative estimate of drug-likeness (QED) is 0.259. The topological polar surface area (TPSA) is 83.5 Å². The van der Waals surface area contributed by atoms with Crippen molar-refractivity contribution in [1.82, 2.24) is 0 Å². The van der Waals surface area contributed by atoms with Gasteiger partial charge < -0.3 is 14.6 Å². The summed E-state index contributed by atoms with van der Waals surface area (Å²) in [4.78, 5) is 31.1. The summed E-state index contributed by atoms with van der Waals surface area (Å²) in [6.45, 7) is 0.114. The lowest BCUT2D eigenvalue weighted by Crippen LogP contribution is -2.37. The van der Waals surface area contributed by atoms with Gasteiger partial charge in [0, 0.05) is 6.42 Å². The van der Waals surface area contributed by atoms with Crippen molar-refractivity contribution < 1.29 is 24.2 Å². The monoisotopic (exact) mass is 157 g/mol. The number of carbonyl (C=O) groups excluding carboxylic acids is 3. The number of hydrogen-bond donors (Lipinski definition) is 0. The minimum absolute atomic E-state index is 0.114. The van der Waals surface area contributed by atoms with Crippen molar-refractivity contribution in [2.45, 2.75) is 6.42 Å². The standard InChI is InChI=1S/C6H6O5/c7-4(5(8)9)3-1-2-11-6(3)10/h3H,1-2H2,(H,8,9)/p-1. The predicted octanol–water partition coefficient (Wildman–Crippen LogP) is -2.13. The van der Waals surface area contributed by atoms with Gasteiger partial charge >= 0.3 is 5.97 Å². The first-order valence-corrected chi connectivity index (χ1v) is 3.04. The number of ketones is 1. The maximum absolute atomic E-state index is 10.6. The summed E-state index contributed by atoms with van der Waals surface area (Å²) in [5, 5.41) is 9.96. The lowest BCUT2D eigenvalue weighted by molar-refractivity contribution is -0.300. The van der Waals surface area contributed by atoms with Crippen LogP contribution in [0.5, 0.6) is 0 Å². The fraction of sp³-hybridized carbons (Fsp3) is 0.500. The van der Waals surface area contributed by atoms with E-state index in [1.807, 2.05) is 0 Å². The van der Waals surface area contributed by atoms with Crippen molar-refractivity contribution >= 4 is 17.7 Å². The molecule has 0 spiro atoms. The fourth-order valence-corrected chi connectivity index (χ4v) is 0.876. The third-order valence-corrected chi connectivity index (χ3v) is 1.45. The number of aliphatic carboxylic acids is 1. The zero-order chi connectivity index (χ0) is 8.43. The zero-order valence-corrected chi connectivity index (χ0v) is 5.53. The molecule has 60 valence electrons. The highest BCUT2D eigenvalue weighted by Gasteiger charge is 2.33. The second-order valence-corrected chi connectivity index (χ2v) is 2.16.